The number of benzene rings is 1. The van der Waals surface area contributed by atoms with Crippen LogP contribution in [0, 0.1) is 5.82 Å². The minimum atomic E-state index is -0.835. The maximum Gasteiger partial charge on any atom is 0.157 e. The Morgan fingerprint density at radius 1 is 1.10 bits per heavy atom. The summed E-state index contributed by atoms with van der Waals surface area (Å²) in [6.07, 6.45) is 3.24. The van der Waals surface area contributed by atoms with Crippen LogP contribution in [0.3, 0.4) is 0 Å². The molecule has 3 N–H and O–H groups in total. The first kappa shape index (κ1) is 21.7. The van der Waals surface area contributed by atoms with Gasteiger partial charge in [-0.15, -0.1) is 0 Å². The molecule has 0 spiro atoms. The van der Waals surface area contributed by atoms with Crippen LogP contribution < -0.4 is 10.1 Å². The molecule has 0 fully saturated rings. The van der Waals surface area contributed by atoms with Crippen LogP contribution in [-0.4, -0.2) is 47.7 Å². The summed E-state index contributed by atoms with van der Waals surface area (Å²) in [4.78, 5) is 0. The number of allylic oxidation sites excluding steroid dienone is 3. The van der Waals surface area contributed by atoms with Gasteiger partial charge < -0.3 is 25.0 Å². The SMILES string of the molecule is CCC1=CC(F)=CO[C@@H]([C@H](O)CNC[C@@H](O)[C@@H]2CCc3cc(F)ccc3O2)CC1. The van der Waals surface area contributed by atoms with Crippen molar-refractivity contribution in [3.8, 4) is 5.75 Å². The van der Waals surface area contributed by atoms with Crippen molar-refractivity contribution in [3.63, 3.8) is 0 Å². The van der Waals surface area contributed by atoms with Gasteiger partial charge in [-0.3, -0.25) is 0 Å². The third-order valence-corrected chi connectivity index (χ3v) is 5.47. The third-order valence-electron chi connectivity index (χ3n) is 5.47. The van der Waals surface area contributed by atoms with Gasteiger partial charge in [-0.05, 0) is 61.9 Å². The molecule has 160 valence electrons. The summed E-state index contributed by atoms with van der Waals surface area (Å²) in [5.41, 5.74) is 1.79. The summed E-state index contributed by atoms with van der Waals surface area (Å²) in [5, 5.41) is 23.9. The maximum absolute atomic E-state index is 13.7. The van der Waals surface area contributed by atoms with Crippen molar-refractivity contribution in [1.82, 2.24) is 5.32 Å². The van der Waals surface area contributed by atoms with Crippen molar-refractivity contribution in [2.24, 2.45) is 0 Å². The van der Waals surface area contributed by atoms with E-state index in [0.717, 1.165) is 23.8 Å². The van der Waals surface area contributed by atoms with Crippen LogP contribution in [0.5, 0.6) is 5.75 Å². The van der Waals surface area contributed by atoms with E-state index in [1.54, 1.807) is 6.07 Å². The Labute approximate surface area is 170 Å². The Kier molecular flexibility index (Phi) is 7.64. The molecule has 3 rings (SSSR count). The van der Waals surface area contributed by atoms with Gasteiger partial charge in [0.1, 0.15) is 42.2 Å². The zero-order valence-electron chi connectivity index (χ0n) is 16.6. The van der Waals surface area contributed by atoms with Gasteiger partial charge in [-0.1, -0.05) is 12.5 Å². The molecule has 0 saturated heterocycles. The fourth-order valence-electron chi connectivity index (χ4n) is 3.70. The second kappa shape index (κ2) is 10.2. The molecule has 0 bridgehead atoms. The van der Waals surface area contributed by atoms with Gasteiger partial charge >= 0.3 is 0 Å². The predicted octanol–water partition coefficient (Wildman–Crippen LogP) is 3.16. The first-order valence-corrected chi connectivity index (χ1v) is 10.2. The topological polar surface area (TPSA) is 71.0 Å². The van der Waals surface area contributed by atoms with Gasteiger partial charge in [0.25, 0.3) is 0 Å². The van der Waals surface area contributed by atoms with Crippen LogP contribution in [0.15, 0.2) is 41.9 Å². The van der Waals surface area contributed by atoms with Gasteiger partial charge in [-0.2, -0.15) is 0 Å². The van der Waals surface area contributed by atoms with E-state index in [2.05, 4.69) is 5.32 Å². The van der Waals surface area contributed by atoms with Gasteiger partial charge in [0.05, 0.1) is 0 Å². The van der Waals surface area contributed by atoms with Crippen molar-refractivity contribution in [2.45, 2.75) is 63.4 Å². The highest BCUT2D eigenvalue weighted by Crippen LogP contribution is 2.29. The molecule has 0 aliphatic carbocycles. The molecule has 4 atom stereocenters. The monoisotopic (exact) mass is 409 g/mol. The molecule has 2 heterocycles. The number of ether oxygens (including phenoxy) is 2. The molecule has 29 heavy (non-hydrogen) atoms. The summed E-state index contributed by atoms with van der Waals surface area (Å²) in [7, 11) is 0. The molecule has 5 nitrogen and oxygen atoms in total. The smallest absolute Gasteiger partial charge is 0.157 e. The molecule has 1 aromatic carbocycles. The Bertz CT molecular complexity index is 752. The largest absolute Gasteiger partial charge is 0.492 e. The zero-order valence-corrected chi connectivity index (χ0v) is 16.6. The number of aryl methyl sites for hydroxylation is 1. The lowest BCUT2D eigenvalue weighted by atomic mass is 9.98. The lowest BCUT2D eigenvalue weighted by molar-refractivity contribution is -0.00444. The van der Waals surface area contributed by atoms with E-state index in [4.69, 9.17) is 9.47 Å². The number of aliphatic hydroxyl groups is 2. The minimum Gasteiger partial charge on any atom is -0.492 e. The maximum atomic E-state index is 13.7. The van der Waals surface area contributed by atoms with Crippen molar-refractivity contribution in [1.29, 1.82) is 0 Å². The summed E-state index contributed by atoms with van der Waals surface area (Å²) in [5.74, 6) is -0.148. The summed E-state index contributed by atoms with van der Waals surface area (Å²) in [6.45, 7) is 2.41. The minimum absolute atomic E-state index is 0.205. The van der Waals surface area contributed by atoms with E-state index in [-0.39, 0.29) is 18.9 Å². The average Bonchev–Trinajstić information content (AvgIpc) is 2.70. The van der Waals surface area contributed by atoms with Crippen LogP contribution in [0.4, 0.5) is 8.78 Å². The van der Waals surface area contributed by atoms with E-state index >= 15 is 0 Å². The molecule has 7 heteroatoms. The lowest BCUT2D eigenvalue weighted by Gasteiger charge is -2.30. The van der Waals surface area contributed by atoms with Crippen molar-refractivity contribution < 1.29 is 28.5 Å². The van der Waals surface area contributed by atoms with Gasteiger partial charge in [0, 0.05) is 13.1 Å². The highest BCUT2D eigenvalue weighted by atomic mass is 19.1. The lowest BCUT2D eigenvalue weighted by Crippen LogP contribution is -2.45. The van der Waals surface area contributed by atoms with Crippen LogP contribution in [0.2, 0.25) is 0 Å². The van der Waals surface area contributed by atoms with E-state index in [1.165, 1.54) is 18.2 Å². The first-order chi connectivity index (χ1) is 14.0. The van der Waals surface area contributed by atoms with Crippen molar-refractivity contribution in [2.75, 3.05) is 13.1 Å². The highest BCUT2D eigenvalue weighted by Gasteiger charge is 2.27. The Morgan fingerprint density at radius 3 is 2.59 bits per heavy atom. The quantitative estimate of drug-likeness (QED) is 0.645. The summed E-state index contributed by atoms with van der Waals surface area (Å²) >= 11 is 0. The van der Waals surface area contributed by atoms with Crippen molar-refractivity contribution >= 4 is 0 Å². The summed E-state index contributed by atoms with van der Waals surface area (Å²) in [6, 6.07) is 4.38. The Morgan fingerprint density at radius 2 is 1.83 bits per heavy atom. The normalized spacial score (nSPS) is 24.0. The Hall–Kier alpha value is -1.96. The second-order valence-electron chi connectivity index (χ2n) is 7.61. The predicted molar refractivity (Wildman–Crippen MR) is 106 cm³/mol. The van der Waals surface area contributed by atoms with E-state index in [9.17, 15) is 19.0 Å². The van der Waals surface area contributed by atoms with Crippen LogP contribution in [0.25, 0.3) is 0 Å². The number of halogens is 2. The molecule has 0 amide bonds. The van der Waals surface area contributed by atoms with Gasteiger partial charge in [-0.25, -0.2) is 8.78 Å². The molecule has 2 aliphatic heterocycles. The third kappa shape index (κ3) is 6.01. The van der Waals surface area contributed by atoms with Crippen molar-refractivity contribution in [3.05, 3.63) is 53.3 Å². The molecule has 0 saturated carbocycles. The van der Waals surface area contributed by atoms with E-state index in [0.29, 0.717) is 31.4 Å². The molecule has 2 aliphatic rings. The number of aliphatic hydroxyl groups excluding tert-OH is 2. The van der Waals surface area contributed by atoms with E-state index < -0.39 is 30.2 Å². The fraction of sp³-hybridized carbons (Fsp3) is 0.545. The average molecular weight is 409 g/mol. The number of nitrogens with one attached hydrogen (secondary N) is 1. The molecule has 1 aromatic rings. The standard InChI is InChI=1S/C22H29F2NO4/c1-2-14-3-6-21(28-13-17(24)9-14)18(26)11-25-12-19(27)22-7-4-15-10-16(23)5-8-20(15)29-22/h5,8-10,13,18-19,21-22,25-27H,2-4,6-7,11-12H2,1H3/t18-,19-,21-,22+/m1/s1. The van der Waals surface area contributed by atoms with E-state index in [1.807, 2.05) is 6.92 Å². The zero-order chi connectivity index (χ0) is 20.8. The molecular weight excluding hydrogens is 380 g/mol. The summed E-state index contributed by atoms with van der Waals surface area (Å²) < 4.78 is 38.1. The molecular formula is C22H29F2NO4. The first-order valence-electron chi connectivity index (χ1n) is 10.2. The Balaban J connectivity index is 1.44. The van der Waals surface area contributed by atoms with Gasteiger partial charge in [0.15, 0.2) is 5.83 Å². The highest BCUT2D eigenvalue weighted by molar-refractivity contribution is 5.36. The second-order valence-corrected chi connectivity index (χ2v) is 7.61. The molecule has 0 unspecified atom stereocenters. The number of hydrogen-bond donors (Lipinski definition) is 3. The number of hydrogen-bond acceptors (Lipinski definition) is 5. The fourth-order valence-corrected chi connectivity index (χ4v) is 3.70. The molecule has 0 radical (unpaired) electrons. The van der Waals surface area contributed by atoms with Crippen LogP contribution in [-0.2, 0) is 11.2 Å². The van der Waals surface area contributed by atoms with Crippen LogP contribution in [0.1, 0.15) is 38.2 Å². The number of rotatable bonds is 7. The number of fused-ring (bicyclic) bond motifs is 1. The van der Waals surface area contributed by atoms with Gasteiger partial charge in [0.2, 0.25) is 0 Å². The van der Waals surface area contributed by atoms with Crippen LogP contribution >= 0.6 is 0 Å². The molecule has 0 aromatic heterocycles.